The Morgan fingerprint density at radius 2 is 1.96 bits per heavy atom. The average molecular weight is 352 g/mol. The van der Waals surface area contributed by atoms with Crippen LogP contribution >= 0.6 is 0 Å². The van der Waals surface area contributed by atoms with Gasteiger partial charge >= 0.3 is 6.03 Å². The molecule has 0 aromatic rings. The number of likely N-dealkylation sites (tertiary alicyclic amines) is 1. The Morgan fingerprint density at radius 1 is 1.16 bits per heavy atom. The van der Waals surface area contributed by atoms with Gasteiger partial charge in [-0.05, 0) is 32.2 Å². The lowest BCUT2D eigenvalue weighted by Gasteiger charge is -2.46. The molecule has 0 aromatic heterocycles. The maximum Gasteiger partial charge on any atom is 0.321 e. The zero-order valence-electron chi connectivity index (χ0n) is 15.5. The van der Waals surface area contributed by atoms with Gasteiger partial charge < -0.3 is 15.0 Å². The number of likely N-dealkylation sites (N-methyl/N-ethyl adjacent to an activating group) is 1. The summed E-state index contributed by atoms with van der Waals surface area (Å²) in [6.07, 6.45) is 5.72. The molecule has 4 atom stereocenters. The summed E-state index contributed by atoms with van der Waals surface area (Å²) < 4.78 is 5.86. The molecule has 0 spiro atoms. The number of fused-ring (bicyclic) bond motifs is 1. The lowest BCUT2D eigenvalue weighted by Crippen LogP contribution is -2.61. The summed E-state index contributed by atoms with van der Waals surface area (Å²) in [5.74, 6) is 0.252. The van der Waals surface area contributed by atoms with Crippen LogP contribution < -0.4 is 10.6 Å². The van der Waals surface area contributed by atoms with E-state index >= 15 is 0 Å². The van der Waals surface area contributed by atoms with E-state index in [2.05, 4.69) is 34.4 Å². The Balaban J connectivity index is 1.47. The molecule has 3 amide bonds. The molecule has 1 saturated carbocycles. The molecular weight excluding hydrogens is 320 g/mol. The van der Waals surface area contributed by atoms with Crippen molar-refractivity contribution < 1.29 is 14.3 Å². The Labute approximate surface area is 150 Å². The van der Waals surface area contributed by atoms with E-state index in [0.717, 1.165) is 45.3 Å². The van der Waals surface area contributed by atoms with Crippen molar-refractivity contribution in [1.82, 2.24) is 20.4 Å². The molecule has 3 aliphatic rings. The molecule has 0 aromatic carbocycles. The first kappa shape index (κ1) is 18.6. The number of imide groups is 1. The number of urea groups is 1. The van der Waals surface area contributed by atoms with Crippen LogP contribution in [0.25, 0.3) is 0 Å². The summed E-state index contributed by atoms with van der Waals surface area (Å²) in [5.41, 5.74) is 0. The molecule has 25 heavy (non-hydrogen) atoms. The summed E-state index contributed by atoms with van der Waals surface area (Å²) >= 11 is 0. The number of nitrogens with one attached hydrogen (secondary N) is 2. The molecule has 3 rings (SSSR count). The SMILES string of the molecule is C[C@@H]1CCCC[C@@H]1NC(=O)NC(=O)CN1CCO[C@@H]2CCN(C)C[C@H]21. The maximum absolute atomic E-state index is 12.3. The van der Waals surface area contributed by atoms with Crippen molar-refractivity contribution in [3.8, 4) is 0 Å². The zero-order chi connectivity index (χ0) is 17.8. The van der Waals surface area contributed by atoms with Gasteiger partial charge in [-0.2, -0.15) is 0 Å². The number of hydrogen-bond donors (Lipinski definition) is 2. The quantitative estimate of drug-likeness (QED) is 0.786. The standard InChI is InChI=1S/C18H32N4O3/c1-13-5-3-4-6-14(13)19-18(24)20-17(23)12-22-9-10-25-16-7-8-21(2)11-15(16)22/h13-16H,3-12H2,1-2H3,(H2,19,20,23,24)/t13-,14+,15-,16-/m1/s1. The van der Waals surface area contributed by atoms with Crippen molar-refractivity contribution in [2.24, 2.45) is 5.92 Å². The number of rotatable bonds is 3. The number of piperidine rings is 1. The van der Waals surface area contributed by atoms with Gasteiger partial charge in [0.2, 0.25) is 5.91 Å². The highest BCUT2D eigenvalue weighted by atomic mass is 16.5. The molecule has 2 saturated heterocycles. The van der Waals surface area contributed by atoms with Gasteiger partial charge in [-0.1, -0.05) is 19.8 Å². The second kappa shape index (κ2) is 8.47. The maximum atomic E-state index is 12.3. The van der Waals surface area contributed by atoms with E-state index in [-0.39, 0.29) is 36.7 Å². The molecule has 0 radical (unpaired) electrons. The second-order valence-corrected chi connectivity index (χ2v) is 7.89. The largest absolute Gasteiger partial charge is 0.375 e. The second-order valence-electron chi connectivity index (χ2n) is 7.89. The third-order valence-electron chi connectivity index (χ3n) is 5.93. The van der Waals surface area contributed by atoms with Crippen LogP contribution in [-0.4, -0.2) is 79.8 Å². The molecule has 1 aliphatic carbocycles. The Morgan fingerprint density at radius 3 is 2.76 bits per heavy atom. The average Bonchev–Trinajstić information content (AvgIpc) is 2.57. The van der Waals surface area contributed by atoms with E-state index in [4.69, 9.17) is 4.74 Å². The normalized spacial score (nSPS) is 34.2. The van der Waals surface area contributed by atoms with Crippen molar-refractivity contribution in [2.45, 2.75) is 57.2 Å². The molecule has 7 nitrogen and oxygen atoms in total. The monoisotopic (exact) mass is 352 g/mol. The van der Waals surface area contributed by atoms with Crippen LogP contribution in [0.2, 0.25) is 0 Å². The summed E-state index contributed by atoms with van der Waals surface area (Å²) in [6, 6.07) is 0.0651. The van der Waals surface area contributed by atoms with E-state index in [0.29, 0.717) is 12.5 Å². The number of ether oxygens (including phenoxy) is 1. The number of amides is 3. The lowest BCUT2D eigenvalue weighted by molar-refractivity contribution is -0.130. The van der Waals surface area contributed by atoms with Crippen molar-refractivity contribution >= 4 is 11.9 Å². The lowest BCUT2D eigenvalue weighted by atomic mass is 9.86. The molecule has 7 heteroatoms. The minimum atomic E-state index is -0.352. The third kappa shape index (κ3) is 4.92. The van der Waals surface area contributed by atoms with E-state index in [1.165, 1.54) is 6.42 Å². The zero-order valence-corrected chi connectivity index (χ0v) is 15.5. The number of morpholine rings is 1. The van der Waals surface area contributed by atoms with Gasteiger partial charge in [0.25, 0.3) is 0 Å². The smallest absolute Gasteiger partial charge is 0.321 e. The van der Waals surface area contributed by atoms with Crippen molar-refractivity contribution in [3.05, 3.63) is 0 Å². The highest BCUT2D eigenvalue weighted by molar-refractivity contribution is 5.95. The van der Waals surface area contributed by atoms with E-state index < -0.39 is 0 Å². The fourth-order valence-corrected chi connectivity index (χ4v) is 4.38. The molecule has 2 N–H and O–H groups in total. The fraction of sp³-hybridized carbons (Fsp3) is 0.889. The Hall–Kier alpha value is -1.18. The van der Waals surface area contributed by atoms with Gasteiger partial charge in [-0.15, -0.1) is 0 Å². The minimum absolute atomic E-state index is 0.182. The summed E-state index contributed by atoms with van der Waals surface area (Å²) in [5, 5.41) is 5.49. The topological polar surface area (TPSA) is 73.9 Å². The number of carbonyl (C=O) groups is 2. The Bertz CT molecular complexity index is 487. The summed E-state index contributed by atoms with van der Waals surface area (Å²) in [4.78, 5) is 28.9. The van der Waals surface area contributed by atoms with Gasteiger partial charge in [-0.25, -0.2) is 4.79 Å². The van der Waals surface area contributed by atoms with Gasteiger partial charge in [0.05, 0.1) is 19.3 Å². The summed E-state index contributed by atoms with van der Waals surface area (Å²) in [6.45, 7) is 5.76. The molecule has 142 valence electrons. The molecule has 2 heterocycles. The van der Waals surface area contributed by atoms with E-state index in [9.17, 15) is 9.59 Å². The minimum Gasteiger partial charge on any atom is -0.375 e. The molecule has 2 aliphatic heterocycles. The van der Waals surface area contributed by atoms with Crippen LogP contribution in [0.1, 0.15) is 39.0 Å². The fourth-order valence-electron chi connectivity index (χ4n) is 4.38. The molecule has 0 unspecified atom stereocenters. The first-order valence-electron chi connectivity index (χ1n) is 9.67. The first-order valence-corrected chi connectivity index (χ1v) is 9.67. The molecular formula is C18H32N4O3. The molecule has 3 fully saturated rings. The third-order valence-corrected chi connectivity index (χ3v) is 5.93. The predicted molar refractivity (Wildman–Crippen MR) is 95.3 cm³/mol. The van der Waals surface area contributed by atoms with Crippen LogP contribution in [0.5, 0.6) is 0 Å². The van der Waals surface area contributed by atoms with Gasteiger partial charge in [0.15, 0.2) is 0 Å². The first-order chi connectivity index (χ1) is 12.0. The van der Waals surface area contributed by atoms with Gasteiger partial charge in [0.1, 0.15) is 0 Å². The van der Waals surface area contributed by atoms with Crippen LogP contribution in [0, 0.1) is 5.92 Å². The van der Waals surface area contributed by atoms with E-state index in [1.54, 1.807) is 0 Å². The van der Waals surface area contributed by atoms with Crippen molar-refractivity contribution in [2.75, 3.05) is 39.8 Å². The van der Waals surface area contributed by atoms with Crippen LogP contribution in [0.4, 0.5) is 4.79 Å². The predicted octanol–water partition coefficient (Wildman–Crippen LogP) is 0.796. The highest BCUT2D eigenvalue weighted by Crippen LogP contribution is 2.24. The van der Waals surface area contributed by atoms with Crippen LogP contribution in [0.15, 0.2) is 0 Å². The summed E-state index contributed by atoms with van der Waals surface area (Å²) in [7, 11) is 2.10. The van der Waals surface area contributed by atoms with E-state index in [1.807, 2.05) is 0 Å². The molecule has 0 bridgehead atoms. The number of nitrogens with zero attached hydrogens (tertiary/aromatic N) is 2. The number of hydrogen-bond acceptors (Lipinski definition) is 5. The number of carbonyl (C=O) groups excluding carboxylic acids is 2. The van der Waals surface area contributed by atoms with Crippen LogP contribution in [0.3, 0.4) is 0 Å². The van der Waals surface area contributed by atoms with Gasteiger partial charge in [0, 0.05) is 31.7 Å². The Kier molecular flexibility index (Phi) is 6.30. The van der Waals surface area contributed by atoms with Crippen LogP contribution in [-0.2, 0) is 9.53 Å². The highest BCUT2D eigenvalue weighted by Gasteiger charge is 2.36. The van der Waals surface area contributed by atoms with Crippen molar-refractivity contribution in [1.29, 1.82) is 0 Å². The van der Waals surface area contributed by atoms with Crippen molar-refractivity contribution in [3.63, 3.8) is 0 Å². The van der Waals surface area contributed by atoms with Gasteiger partial charge in [-0.3, -0.25) is 15.0 Å².